The van der Waals surface area contributed by atoms with Crippen molar-refractivity contribution in [1.82, 2.24) is 14.9 Å². The van der Waals surface area contributed by atoms with Gasteiger partial charge in [-0.15, -0.1) is 0 Å². The van der Waals surface area contributed by atoms with Crippen LogP contribution in [-0.4, -0.2) is 33.9 Å². The van der Waals surface area contributed by atoms with Gasteiger partial charge in [-0.2, -0.15) is 0 Å². The molecule has 3 heterocycles. The highest BCUT2D eigenvalue weighted by Crippen LogP contribution is 2.33. The van der Waals surface area contributed by atoms with Crippen molar-refractivity contribution in [1.29, 1.82) is 0 Å². The zero-order valence-corrected chi connectivity index (χ0v) is 21.2. The largest absolute Gasteiger partial charge is 0.328 e. The smallest absolute Gasteiger partial charge is 0.257 e. The van der Waals surface area contributed by atoms with E-state index < -0.39 is 5.82 Å². The van der Waals surface area contributed by atoms with Crippen molar-refractivity contribution in [2.24, 2.45) is 5.92 Å². The normalized spacial score (nSPS) is 15.5. The number of likely N-dealkylation sites (tertiary alicyclic amines) is 1. The molecule has 39 heavy (non-hydrogen) atoms. The fraction of sp³-hybridized carbons (Fsp3) is 0.156. The Morgan fingerprint density at radius 1 is 0.974 bits per heavy atom. The SMILES string of the molecule is O=C(Nc1ccccc1F)C1CCN(Cc2ccc(-c3nc4cc[nH]c(=O)c4cc3-c3ccccc3)cc2)C1. The molecule has 1 atom stereocenters. The van der Waals surface area contributed by atoms with Crippen LogP contribution in [0.1, 0.15) is 12.0 Å². The van der Waals surface area contributed by atoms with Crippen molar-refractivity contribution in [3.05, 3.63) is 119 Å². The van der Waals surface area contributed by atoms with Crippen molar-refractivity contribution < 1.29 is 9.18 Å². The minimum atomic E-state index is -0.427. The third-order valence-electron chi connectivity index (χ3n) is 7.25. The van der Waals surface area contributed by atoms with E-state index in [2.05, 4.69) is 39.5 Å². The topological polar surface area (TPSA) is 78.1 Å². The van der Waals surface area contributed by atoms with E-state index in [1.54, 1.807) is 24.4 Å². The summed E-state index contributed by atoms with van der Waals surface area (Å²) in [5, 5.41) is 3.28. The molecule has 1 aliphatic rings. The zero-order chi connectivity index (χ0) is 26.8. The average Bonchev–Trinajstić information content (AvgIpc) is 3.43. The summed E-state index contributed by atoms with van der Waals surface area (Å²) in [6.45, 7) is 2.15. The summed E-state index contributed by atoms with van der Waals surface area (Å²) in [4.78, 5) is 35.0. The van der Waals surface area contributed by atoms with Crippen molar-refractivity contribution in [2.45, 2.75) is 13.0 Å². The number of aromatic amines is 1. The van der Waals surface area contributed by atoms with E-state index in [0.717, 1.165) is 47.5 Å². The number of hydrogen-bond donors (Lipinski definition) is 2. The van der Waals surface area contributed by atoms with Gasteiger partial charge in [0, 0.05) is 30.4 Å². The van der Waals surface area contributed by atoms with Crippen LogP contribution in [0.2, 0.25) is 0 Å². The first kappa shape index (κ1) is 24.7. The van der Waals surface area contributed by atoms with Gasteiger partial charge in [0.1, 0.15) is 5.82 Å². The Morgan fingerprint density at radius 3 is 2.54 bits per heavy atom. The maximum absolute atomic E-state index is 13.9. The highest BCUT2D eigenvalue weighted by molar-refractivity contribution is 5.93. The lowest BCUT2D eigenvalue weighted by Gasteiger charge is -2.17. The lowest BCUT2D eigenvalue weighted by Crippen LogP contribution is -2.27. The van der Waals surface area contributed by atoms with Crippen LogP contribution in [0.5, 0.6) is 0 Å². The van der Waals surface area contributed by atoms with Crippen LogP contribution >= 0.6 is 0 Å². The second kappa shape index (κ2) is 10.6. The van der Waals surface area contributed by atoms with Crippen molar-refractivity contribution in [3.8, 4) is 22.4 Å². The Bertz CT molecular complexity index is 1700. The molecule has 6 rings (SSSR count). The lowest BCUT2D eigenvalue weighted by molar-refractivity contribution is -0.119. The summed E-state index contributed by atoms with van der Waals surface area (Å²) in [5.41, 5.74) is 5.51. The van der Waals surface area contributed by atoms with E-state index in [1.807, 2.05) is 42.5 Å². The van der Waals surface area contributed by atoms with Crippen LogP contribution in [0.4, 0.5) is 10.1 Å². The van der Waals surface area contributed by atoms with Gasteiger partial charge < -0.3 is 10.3 Å². The van der Waals surface area contributed by atoms with Crippen LogP contribution in [0.15, 0.2) is 102 Å². The molecule has 2 N–H and O–H groups in total. The summed E-state index contributed by atoms with van der Waals surface area (Å²) in [6.07, 6.45) is 2.35. The Morgan fingerprint density at radius 2 is 1.74 bits per heavy atom. The number of H-pyrrole nitrogens is 1. The molecule has 7 heteroatoms. The van der Waals surface area contributed by atoms with Crippen LogP contribution in [-0.2, 0) is 11.3 Å². The highest BCUT2D eigenvalue weighted by atomic mass is 19.1. The number of carbonyl (C=O) groups is 1. The molecule has 3 aromatic carbocycles. The molecule has 1 unspecified atom stereocenters. The fourth-order valence-electron chi connectivity index (χ4n) is 5.18. The number of fused-ring (bicyclic) bond motifs is 1. The Labute approximate surface area is 225 Å². The Hall–Kier alpha value is -4.62. The van der Waals surface area contributed by atoms with Gasteiger partial charge in [0.2, 0.25) is 5.91 Å². The number of para-hydroxylation sites is 1. The third kappa shape index (κ3) is 5.22. The summed E-state index contributed by atoms with van der Waals surface area (Å²) in [7, 11) is 0. The average molecular weight is 519 g/mol. The first-order chi connectivity index (χ1) is 19.0. The second-order valence-electron chi connectivity index (χ2n) is 9.88. The Balaban J connectivity index is 1.20. The fourth-order valence-corrected chi connectivity index (χ4v) is 5.18. The number of hydrogen-bond acceptors (Lipinski definition) is 4. The summed E-state index contributed by atoms with van der Waals surface area (Å²) >= 11 is 0. The maximum atomic E-state index is 13.9. The summed E-state index contributed by atoms with van der Waals surface area (Å²) in [5.74, 6) is -0.751. The van der Waals surface area contributed by atoms with E-state index in [-0.39, 0.29) is 23.1 Å². The van der Waals surface area contributed by atoms with E-state index >= 15 is 0 Å². The number of aromatic nitrogens is 2. The van der Waals surface area contributed by atoms with Gasteiger partial charge in [0.05, 0.1) is 28.2 Å². The van der Waals surface area contributed by atoms with Crippen LogP contribution in [0, 0.1) is 11.7 Å². The third-order valence-corrected chi connectivity index (χ3v) is 7.25. The van der Waals surface area contributed by atoms with Crippen molar-refractivity contribution in [3.63, 3.8) is 0 Å². The second-order valence-corrected chi connectivity index (χ2v) is 9.88. The first-order valence-corrected chi connectivity index (χ1v) is 13.0. The van der Waals surface area contributed by atoms with Crippen molar-refractivity contribution in [2.75, 3.05) is 18.4 Å². The molecule has 6 nitrogen and oxygen atoms in total. The number of nitrogens with zero attached hydrogens (tertiary/aromatic N) is 2. The number of nitrogens with one attached hydrogen (secondary N) is 2. The van der Waals surface area contributed by atoms with Gasteiger partial charge >= 0.3 is 0 Å². The Kier molecular flexibility index (Phi) is 6.73. The van der Waals surface area contributed by atoms with Gasteiger partial charge in [-0.3, -0.25) is 14.5 Å². The maximum Gasteiger partial charge on any atom is 0.257 e. The molecular weight excluding hydrogens is 491 g/mol. The minimum Gasteiger partial charge on any atom is -0.328 e. The molecule has 1 fully saturated rings. The van der Waals surface area contributed by atoms with E-state index in [9.17, 15) is 14.0 Å². The zero-order valence-electron chi connectivity index (χ0n) is 21.2. The highest BCUT2D eigenvalue weighted by Gasteiger charge is 2.28. The van der Waals surface area contributed by atoms with Gasteiger partial charge in [-0.25, -0.2) is 9.37 Å². The van der Waals surface area contributed by atoms with Gasteiger partial charge in [0.25, 0.3) is 5.56 Å². The number of rotatable bonds is 6. The molecule has 1 saturated heterocycles. The van der Waals surface area contributed by atoms with Gasteiger partial charge in [-0.05, 0) is 48.4 Å². The molecule has 0 bridgehead atoms. The summed E-state index contributed by atoms with van der Waals surface area (Å²) < 4.78 is 13.9. The van der Waals surface area contributed by atoms with E-state index in [4.69, 9.17) is 4.98 Å². The molecule has 0 aliphatic carbocycles. The molecule has 0 spiro atoms. The number of benzene rings is 3. The number of amides is 1. The minimum absolute atomic E-state index is 0.146. The first-order valence-electron chi connectivity index (χ1n) is 13.0. The number of anilines is 1. The molecule has 1 amide bonds. The van der Waals surface area contributed by atoms with E-state index in [1.165, 1.54) is 6.07 Å². The molecule has 194 valence electrons. The number of halogens is 1. The lowest BCUT2D eigenvalue weighted by atomic mass is 9.97. The molecule has 5 aromatic rings. The van der Waals surface area contributed by atoms with Crippen LogP contribution in [0.3, 0.4) is 0 Å². The molecule has 0 radical (unpaired) electrons. The molecule has 0 saturated carbocycles. The molecule has 1 aliphatic heterocycles. The van der Waals surface area contributed by atoms with Crippen molar-refractivity contribution >= 4 is 22.5 Å². The number of pyridine rings is 2. The number of carbonyl (C=O) groups excluding carboxylic acids is 1. The molecular formula is C32H27FN4O2. The van der Waals surface area contributed by atoms with Crippen LogP contribution in [0.25, 0.3) is 33.3 Å². The summed E-state index contributed by atoms with van der Waals surface area (Å²) in [6, 6.07) is 28.2. The monoisotopic (exact) mass is 518 g/mol. The van der Waals surface area contributed by atoms with Crippen LogP contribution < -0.4 is 10.9 Å². The predicted molar refractivity (Wildman–Crippen MR) is 152 cm³/mol. The van der Waals surface area contributed by atoms with Gasteiger partial charge in [0.15, 0.2) is 0 Å². The quantitative estimate of drug-likeness (QED) is 0.295. The van der Waals surface area contributed by atoms with E-state index in [0.29, 0.717) is 17.4 Å². The van der Waals surface area contributed by atoms with Gasteiger partial charge in [-0.1, -0.05) is 66.7 Å². The standard InChI is InChI=1S/C32H27FN4O2/c33-27-8-4-5-9-29(27)36-31(38)24-15-17-37(20-24)19-21-10-12-23(13-11-21)30-25(22-6-2-1-3-7-22)18-26-28(35-30)14-16-34-32(26)39/h1-14,16,18,24H,15,17,19-20H2,(H,34,39)(H,36,38). The predicted octanol–water partition coefficient (Wildman–Crippen LogP) is 5.86. The molecule has 2 aromatic heterocycles.